The van der Waals surface area contributed by atoms with E-state index in [-0.39, 0.29) is 16.7 Å². The summed E-state index contributed by atoms with van der Waals surface area (Å²) in [7, 11) is -2.33. The number of nitrogens with zero attached hydrogens (tertiary/aromatic N) is 4. The fourth-order valence-corrected chi connectivity index (χ4v) is 4.12. The zero-order chi connectivity index (χ0) is 18.6. The number of hydrogen-bond donors (Lipinski definition) is 1. The molecule has 0 spiro atoms. The molecule has 3 rings (SSSR count). The molecule has 0 aliphatic rings. The fraction of sp³-hybridized carbons (Fsp3) is 0.294. The Hall–Kier alpha value is -2.65. The lowest BCUT2D eigenvalue weighted by molar-refractivity contribution is 0.401. The van der Waals surface area contributed by atoms with Crippen molar-refractivity contribution in [3.05, 3.63) is 55.4 Å². The standard InChI is InChI=1S/C17H21N5O3S/c1-3-14(12-21-10-8-18-13-21)20-26(23,24)17-11-15(5-6-16(17)25-2)22-9-4-7-19-22/h4-11,13-14,20H,3,12H2,1-2H3/t14-/m0/s1. The molecular weight excluding hydrogens is 354 g/mol. The van der Waals surface area contributed by atoms with Gasteiger partial charge in [0.05, 0.1) is 19.1 Å². The Bertz CT molecular complexity index is 937. The zero-order valence-electron chi connectivity index (χ0n) is 14.6. The van der Waals surface area contributed by atoms with E-state index in [2.05, 4.69) is 14.8 Å². The van der Waals surface area contributed by atoms with E-state index in [1.165, 1.54) is 7.11 Å². The average molecular weight is 375 g/mol. The van der Waals surface area contributed by atoms with Gasteiger partial charge >= 0.3 is 0 Å². The van der Waals surface area contributed by atoms with Crippen LogP contribution in [0.1, 0.15) is 13.3 Å². The molecule has 0 amide bonds. The maximum Gasteiger partial charge on any atom is 0.244 e. The quantitative estimate of drug-likeness (QED) is 0.649. The molecule has 1 aromatic carbocycles. The normalized spacial score (nSPS) is 12.8. The highest BCUT2D eigenvalue weighted by Gasteiger charge is 2.24. The summed E-state index contributed by atoms with van der Waals surface area (Å²) in [6, 6.07) is 6.44. The van der Waals surface area contributed by atoms with Crippen molar-refractivity contribution in [1.29, 1.82) is 0 Å². The monoisotopic (exact) mass is 375 g/mol. The molecule has 0 fully saturated rings. The zero-order valence-corrected chi connectivity index (χ0v) is 15.4. The number of imidazole rings is 1. The second-order valence-corrected chi connectivity index (χ2v) is 7.45. The van der Waals surface area contributed by atoms with E-state index in [1.807, 2.05) is 11.5 Å². The van der Waals surface area contributed by atoms with Crippen LogP contribution in [0.5, 0.6) is 5.75 Å². The number of sulfonamides is 1. The molecule has 9 heteroatoms. The average Bonchev–Trinajstić information content (AvgIpc) is 3.34. The molecule has 0 bridgehead atoms. The largest absolute Gasteiger partial charge is 0.495 e. The first-order valence-electron chi connectivity index (χ1n) is 8.19. The summed E-state index contributed by atoms with van der Waals surface area (Å²) >= 11 is 0. The van der Waals surface area contributed by atoms with Gasteiger partial charge in [0.2, 0.25) is 10.0 Å². The first kappa shape index (κ1) is 18.2. The molecule has 8 nitrogen and oxygen atoms in total. The van der Waals surface area contributed by atoms with Crippen LogP contribution in [0.3, 0.4) is 0 Å². The number of ether oxygens (including phenoxy) is 1. The van der Waals surface area contributed by atoms with Gasteiger partial charge in [-0.25, -0.2) is 22.8 Å². The molecule has 138 valence electrons. The van der Waals surface area contributed by atoms with Gasteiger partial charge in [0.1, 0.15) is 10.6 Å². The molecule has 2 heterocycles. The van der Waals surface area contributed by atoms with Crippen molar-refractivity contribution in [3.8, 4) is 11.4 Å². The molecule has 1 atom stereocenters. The van der Waals surface area contributed by atoms with Crippen LogP contribution in [-0.4, -0.2) is 40.9 Å². The predicted molar refractivity (Wildman–Crippen MR) is 96.7 cm³/mol. The number of hydrogen-bond acceptors (Lipinski definition) is 5. The van der Waals surface area contributed by atoms with Gasteiger partial charge in [-0.05, 0) is 30.7 Å². The molecule has 0 saturated heterocycles. The number of methoxy groups -OCH3 is 1. The minimum Gasteiger partial charge on any atom is -0.495 e. The van der Waals surface area contributed by atoms with Crippen molar-refractivity contribution < 1.29 is 13.2 Å². The van der Waals surface area contributed by atoms with E-state index in [4.69, 9.17) is 4.74 Å². The SMILES string of the molecule is CC[C@@H](Cn1ccnc1)NS(=O)(=O)c1cc(-n2cccn2)ccc1OC. The topological polar surface area (TPSA) is 91.0 Å². The van der Waals surface area contributed by atoms with Gasteiger partial charge in [-0.2, -0.15) is 5.10 Å². The summed E-state index contributed by atoms with van der Waals surface area (Å²) in [5, 5.41) is 4.14. The van der Waals surface area contributed by atoms with Crippen molar-refractivity contribution in [2.45, 2.75) is 30.8 Å². The maximum atomic E-state index is 13.0. The van der Waals surface area contributed by atoms with Gasteiger partial charge in [0.25, 0.3) is 0 Å². The fourth-order valence-electron chi connectivity index (χ4n) is 2.62. The van der Waals surface area contributed by atoms with Gasteiger partial charge in [0, 0.05) is 37.4 Å². The molecule has 0 aliphatic heterocycles. The lowest BCUT2D eigenvalue weighted by Crippen LogP contribution is -2.37. The Labute approximate surface area is 152 Å². The molecule has 26 heavy (non-hydrogen) atoms. The highest BCUT2D eigenvalue weighted by Crippen LogP contribution is 2.26. The molecule has 0 radical (unpaired) electrons. The van der Waals surface area contributed by atoms with Crippen LogP contribution in [0.2, 0.25) is 0 Å². The van der Waals surface area contributed by atoms with Crippen molar-refractivity contribution in [3.63, 3.8) is 0 Å². The van der Waals surface area contributed by atoms with Crippen molar-refractivity contribution >= 4 is 10.0 Å². The molecule has 0 saturated carbocycles. The van der Waals surface area contributed by atoms with Crippen LogP contribution in [-0.2, 0) is 16.6 Å². The Balaban J connectivity index is 1.90. The van der Waals surface area contributed by atoms with Gasteiger partial charge in [0.15, 0.2) is 0 Å². The summed E-state index contributed by atoms with van der Waals surface area (Å²) in [5.41, 5.74) is 0.638. The third-order valence-electron chi connectivity index (χ3n) is 4.01. The number of rotatable bonds is 8. The molecule has 3 aromatic rings. The molecule has 0 aliphatic carbocycles. The number of nitrogens with one attached hydrogen (secondary N) is 1. The summed E-state index contributed by atoms with van der Waals surface area (Å²) < 4.78 is 37.4. The molecular formula is C17H21N5O3S. The summed E-state index contributed by atoms with van der Waals surface area (Å²) in [6.45, 7) is 2.43. The van der Waals surface area contributed by atoms with Crippen molar-refractivity contribution in [2.24, 2.45) is 0 Å². The Morgan fingerprint density at radius 2 is 2.12 bits per heavy atom. The third-order valence-corrected chi connectivity index (χ3v) is 5.55. The van der Waals surface area contributed by atoms with Crippen LogP contribution in [0.4, 0.5) is 0 Å². The smallest absolute Gasteiger partial charge is 0.244 e. The minimum absolute atomic E-state index is 0.0806. The van der Waals surface area contributed by atoms with Gasteiger partial charge < -0.3 is 9.30 Å². The Morgan fingerprint density at radius 1 is 1.27 bits per heavy atom. The summed E-state index contributed by atoms with van der Waals surface area (Å²) in [5.74, 6) is 0.283. The first-order chi connectivity index (χ1) is 12.5. The van der Waals surface area contributed by atoms with Crippen LogP contribution >= 0.6 is 0 Å². The van der Waals surface area contributed by atoms with E-state index in [9.17, 15) is 8.42 Å². The van der Waals surface area contributed by atoms with Crippen molar-refractivity contribution in [2.75, 3.05) is 7.11 Å². The molecule has 2 aromatic heterocycles. The third kappa shape index (κ3) is 3.94. The van der Waals surface area contributed by atoms with E-state index in [0.717, 1.165) is 0 Å². The highest BCUT2D eigenvalue weighted by atomic mass is 32.2. The lowest BCUT2D eigenvalue weighted by Gasteiger charge is -2.19. The van der Waals surface area contributed by atoms with Gasteiger partial charge in [-0.1, -0.05) is 6.92 Å². The van der Waals surface area contributed by atoms with Gasteiger partial charge in [-0.3, -0.25) is 0 Å². The number of aromatic nitrogens is 4. The highest BCUT2D eigenvalue weighted by molar-refractivity contribution is 7.89. The van der Waals surface area contributed by atoms with E-state index in [0.29, 0.717) is 18.7 Å². The van der Waals surface area contributed by atoms with Crippen LogP contribution < -0.4 is 9.46 Å². The van der Waals surface area contributed by atoms with E-state index < -0.39 is 10.0 Å². The first-order valence-corrected chi connectivity index (χ1v) is 9.68. The second kappa shape index (κ2) is 7.71. The van der Waals surface area contributed by atoms with Crippen LogP contribution in [0.15, 0.2) is 60.3 Å². The van der Waals surface area contributed by atoms with Crippen LogP contribution in [0, 0.1) is 0 Å². The Morgan fingerprint density at radius 3 is 2.73 bits per heavy atom. The minimum atomic E-state index is -3.78. The lowest BCUT2D eigenvalue weighted by atomic mass is 10.2. The second-order valence-electron chi connectivity index (χ2n) is 5.77. The maximum absolute atomic E-state index is 13.0. The summed E-state index contributed by atoms with van der Waals surface area (Å²) in [6.07, 6.45) is 9.15. The van der Waals surface area contributed by atoms with Crippen LogP contribution in [0.25, 0.3) is 5.69 Å². The van der Waals surface area contributed by atoms with Gasteiger partial charge in [-0.15, -0.1) is 0 Å². The Kier molecular flexibility index (Phi) is 5.38. The predicted octanol–water partition coefficient (Wildman–Crippen LogP) is 1.83. The molecule has 1 N–H and O–H groups in total. The van der Waals surface area contributed by atoms with E-state index >= 15 is 0 Å². The van der Waals surface area contributed by atoms with E-state index in [1.54, 1.807) is 60.1 Å². The molecule has 0 unspecified atom stereocenters. The number of benzene rings is 1. The van der Waals surface area contributed by atoms with Crippen molar-refractivity contribution in [1.82, 2.24) is 24.1 Å². The summed E-state index contributed by atoms with van der Waals surface area (Å²) in [4.78, 5) is 4.07.